The van der Waals surface area contributed by atoms with Crippen molar-refractivity contribution in [1.29, 1.82) is 0 Å². The van der Waals surface area contributed by atoms with Gasteiger partial charge in [-0.15, -0.1) is 0 Å². The van der Waals surface area contributed by atoms with Crippen LogP contribution in [-0.2, 0) is 25.6 Å². The Bertz CT molecular complexity index is 900. The number of rotatable bonds is 14. The predicted molar refractivity (Wildman–Crippen MR) is 129 cm³/mol. The Morgan fingerprint density at radius 3 is 2.11 bits per heavy atom. The van der Waals surface area contributed by atoms with Gasteiger partial charge in [0.25, 0.3) is 0 Å². The summed E-state index contributed by atoms with van der Waals surface area (Å²) in [4.78, 5) is 53.2. The monoisotopic (exact) mass is 493 g/mol. The average molecular weight is 494 g/mol. The third-order valence-electron chi connectivity index (χ3n) is 5.02. The van der Waals surface area contributed by atoms with E-state index >= 15 is 0 Å². The summed E-state index contributed by atoms with van der Waals surface area (Å²) in [5, 5.41) is 26.5. The van der Waals surface area contributed by atoms with Crippen molar-refractivity contribution in [3.05, 3.63) is 29.8 Å². The maximum atomic E-state index is 13.0. The number of nitrogens with two attached hydrogens (primary N) is 3. The Balaban J connectivity index is 2.94. The molecule has 35 heavy (non-hydrogen) atoms. The highest BCUT2D eigenvalue weighted by molar-refractivity contribution is 5.93. The van der Waals surface area contributed by atoms with Gasteiger partial charge in [0.1, 0.15) is 23.9 Å². The molecule has 0 fully saturated rings. The smallest absolute Gasteiger partial charge is 0.326 e. The van der Waals surface area contributed by atoms with Gasteiger partial charge < -0.3 is 43.4 Å². The van der Waals surface area contributed by atoms with Gasteiger partial charge in [0.15, 0.2) is 5.96 Å². The first-order valence-corrected chi connectivity index (χ1v) is 11.1. The average Bonchev–Trinajstić information content (AvgIpc) is 2.79. The number of nitrogens with zero attached hydrogens (tertiary/aromatic N) is 1. The van der Waals surface area contributed by atoms with Crippen molar-refractivity contribution in [2.24, 2.45) is 28.1 Å². The van der Waals surface area contributed by atoms with Gasteiger partial charge in [0.2, 0.25) is 17.7 Å². The second-order valence-corrected chi connectivity index (χ2v) is 8.27. The number of phenols is 1. The fourth-order valence-corrected chi connectivity index (χ4v) is 3.14. The third-order valence-corrected chi connectivity index (χ3v) is 5.02. The van der Waals surface area contributed by atoms with Crippen LogP contribution < -0.4 is 33.2 Å². The summed E-state index contributed by atoms with van der Waals surface area (Å²) in [6, 6.07) is 2.74. The van der Waals surface area contributed by atoms with Gasteiger partial charge in [-0.25, -0.2) is 4.79 Å². The fraction of sp³-hybridized carbons (Fsp3) is 0.500. The summed E-state index contributed by atoms with van der Waals surface area (Å²) in [5.41, 5.74) is 16.5. The molecular formula is C22H35N7O6. The quantitative estimate of drug-likeness (QED) is 0.0823. The molecule has 3 unspecified atom stereocenters. The van der Waals surface area contributed by atoms with E-state index in [-0.39, 0.29) is 37.6 Å². The minimum atomic E-state index is -1.24. The van der Waals surface area contributed by atoms with E-state index < -0.39 is 47.7 Å². The lowest BCUT2D eigenvalue weighted by Crippen LogP contribution is -2.58. The normalized spacial score (nSPS) is 13.3. The first-order valence-electron chi connectivity index (χ1n) is 11.1. The molecule has 0 bridgehead atoms. The molecule has 0 saturated carbocycles. The predicted octanol–water partition coefficient (Wildman–Crippen LogP) is -1.86. The maximum absolute atomic E-state index is 13.0. The lowest BCUT2D eigenvalue weighted by molar-refractivity contribution is -0.142. The summed E-state index contributed by atoms with van der Waals surface area (Å²) in [6.07, 6.45) is 0.465. The Hall–Kier alpha value is -3.87. The van der Waals surface area contributed by atoms with Crippen LogP contribution in [0.1, 0.15) is 32.3 Å². The van der Waals surface area contributed by atoms with Crippen LogP contribution in [0.25, 0.3) is 0 Å². The lowest BCUT2D eigenvalue weighted by Gasteiger charge is -2.26. The van der Waals surface area contributed by atoms with Crippen LogP contribution in [0.5, 0.6) is 5.75 Å². The summed E-state index contributed by atoms with van der Waals surface area (Å²) in [6.45, 7) is 3.23. The molecule has 0 aliphatic rings. The number of carbonyl (C=O) groups excluding carboxylic acids is 3. The van der Waals surface area contributed by atoms with Crippen molar-refractivity contribution in [1.82, 2.24) is 16.0 Å². The Morgan fingerprint density at radius 2 is 1.60 bits per heavy atom. The van der Waals surface area contributed by atoms with Crippen LogP contribution >= 0.6 is 0 Å². The van der Waals surface area contributed by atoms with Crippen molar-refractivity contribution in [3.8, 4) is 5.75 Å². The molecule has 0 spiro atoms. The molecule has 13 heteroatoms. The number of carboxylic acids is 1. The van der Waals surface area contributed by atoms with Gasteiger partial charge >= 0.3 is 5.97 Å². The molecule has 3 amide bonds. The number of phenolic OH excluding ortho intramolecular Hbond substituents is 1. The molecule has 0 radical (unpaired) electrons. The third kappa shape index (κ3) is 10.7. The standard InChI is InChI=1S/C22H35N7O6/c1-12(2)18(20(33)28-15(21(34)35)4-3-9-26-22(24)25)29-19(32)16(27-17(31)11-23)10-13-5-7-14(30)8-6-13/h5-8,12,15-16,18,30H,3-4,9-11,23H2,1-2H3,(H,27,31)(H,28,33)(H,29,32)(H,34,35)(H4,24,25,26). The number of aromatic hydroxyl groups is 1. The largest absolute Gasteiger partial charge is 0.508 e. The van der Waals surface area contributed by atoms with E-state index in [4.69, 9.17) is 17.2 Å². The maximum Gasteiger partial charge on any atom is 0.326 e. The summed E-state index contributed by atoms with van der Waals surface area (Å²) in [7, 11) is 0. The molecule has 0 aromatic heterocycles. The van der Waals surface area contributed by atoms with E-state index in [1.165, 1.54) is 12.1 Å². The number of benzene rings is 1. The van der Waals surface area contributed by atoms with E-state index in [2.05, 4.69) is 20.9 Å². The first kappa shape index (κ1) is 29.2. The highest BCUT2D eigenvalue weighted by Crippen LogP contribution is 2.12. The molecule has 0 aliphatic heterocycles. The van der Waals surface area contributed by atoms with Crippen LogP contribution in [0.15, 0.2) is 29.3 Å². The van der Waals surface area contributed by atoms with Gasteiger partial charge in [-0.3, -0.25) is 19.4 Å². The van der Waals surface area contributed by atoms with Crippen LogP contribution in [0.3, 0.4) is 0 Å². The van der Waals surface area contributed by atoms with Crippen LogP contribution in [0.4, 0.5) is 0 Å². The molecule has 3 atom stereocenters. The van der Waals surface area contributed by atoms with Crippen LogP contribution in [0, 0.1) is 5.92 Å². The minimum Gasteiger partial charge on any atom is -0.508 e. The summed E-state index contributed by atoms with van der Waals surface area (Å²) >= 11 is 0. The highest BCUT2D eigenvalue weighted by Gasteiger charge is 2.31. The number of amides is 3. The van der Waals surface area contributed by atoms with E-state index in [1.54, 1.807) is 26.0 Å². The Kier molecular flexibility index (Phi) is 12.0. The van der Waals surface area contributed by atoms with Crippen LogP contribution in [-0.4, -0.2) is 71.1 Å². The molecule has 1 rings (SSSR count). The van der Waals surface area contributed by atoms with Crippen molar-refractivity contribution < 1.29 is 29.4 Å². The topological polar surface area (TPSA) is 235 Å². The molecule has 13 nitrogen and oxygen atoms in total. The van der Waals surface area contributed by atoms with Gasteiger partial charge in [0.05, 0.1) is 6.54 Å². The summed E-state index contributed by atoms with van der Waals surface area (Å²) < 4.78 is 0. The number of guanidine groups is 1. The Morgan fingerprint density at radius 1 is 0.971 bits per heavy atom. The first-order chi connectivity index (χ1) is 16.4. The van der Waals surface area contributed by atoms with Gasteiger partial charge in [-0.05, 0) is 36.5 Å². The highest BCUT2D eigenvalue weighted by atomic mass is 16.4. The van der Waals surface area contributed by atoms with Gasteiger partial charge in [-0.2, -0.15) is 0 Å². The van der Waals surface area contributed by atoms with Crippen molar-refractivity contribution in [2.45, 2.75) is 51.2 Å². The SMILES string of the molecule is CC(C)C(NC(=O)C(Cc1ccc(O)cc1)NC(=O)CN)C(=O)NC(CCCN=C(N)N)C(=O)O. The van der Waals surface area contributed by atoms with Crippen molar-refractivity contribution >= 4 is 29.7 Å². The number of aliphatic imine (C=N–C) groups is 1. The number of carboxylic acid groups (broad SMARTS) is 1. The zero-order valence-corrected chi connectivity index (χ0v) is 19.9. The molecule has 194 valence electrons. The zero-order chi connectivity index (χ0) is 26.5. The van der Waals surface area contributed by atoms with E-state index in [0.717, 1.165) is 0 Å². The molecule has 0 aliphatic carbocycles. The molecule has 0 saturated heterocycles. The van der Waals surface area contributed by atoms with Crippen molar-refractivity contribution in [3.63, 3.8) is 0 Å². The minimum absolute atomic E-state index is 0.0450. The summed E-state index contributed by atoms with van der Waals surface area (Å²) in [5.74, 6) is -3.60. The molecule has 1 aromatic rings. The number of hydrogen-bond acceptors (Lipinski definition) is 7. The molecule has 1 aromatic carbocycles. The molecular weight excluding hydrogens is 458 g/mol. The van der Waals surface area contributed by atoms with E-state index in [1.807, 2.05) is 0 Å². The van der Waals surface area contributed by atoms with Crippen molar-refractivity contribution in [2.75, 3.05) is 13.1 Å². The van der Waals surface area contributed by atoms with E-state index in [9.17, 15) is 29.4 Å². The number of carbonyl (C=O) groups is 4. The van der Waals surface area contributed by atoms with Gasteiger partial charge in [0, 0.05) is 13.0 Å². The second kappa shape index (κ2) is 14.4. The second-order valence-electron chi connectivity index (χ2n) is 8.27. The van der Waals surface area contributed by atoms with Crippen LogP contribution in [0.2, 0.25) is 0 Å². The zero-order valence-electron chi connectivity index (χ0n) is 19.9. The Labute approximate surface area is 203 Å². The fourth-order valence-electron chi connectivity index (χ4n) is 3.14. The lowest BCUT2D eigenvalue weighted by atomic mass is 10.00. The van der Waals surface area contributed by atoms with E-state index in [0.29, 0.717) is 12.0 Å². The molecule has 11 N–H and O–H groups in total. The van der Waals surface area contributed by atoms with Gasteiger partial charge in [-0.1, -0.05) is 26.0 Å². The number of hydrogen-bond donors (Lipinski definition) is 8. The number of aliphatic carboxylic acids is 1. The molecule has 0 heterocycles. The number of nitrogens with one attached hydrogen (secondary N) is 3.